The monoisotopic (exact) mass is 455 g/mol. The van der Waals surface area contributed by atoms with Crippen molar-refractivity contribution in [3.8, 4) is 0 Å². The first-order valence-corrected chi connectivity index (χ1v) is 12.3. The summed E-state index contributed by atoms with van der Waals surface area (Å²) in [6.07, 6.45) is 14.4. The van der Waals surface area contributed by atoms with E-state index in [1.54, 1.807) is 0 Å². The Hall–Kier alpha value is -0.480. The van der Waals surface area contributed by atoms with E-state index in [-0.39, 0.29) is 41.0 Å². The largest absolute Gasteiger partial charge is 1.00 e. The molecule has 0 aromatic heterocycles. The minimum atomic E-state index is -4.95. The Morgan fingerprint density at radius 2 is 1.37 bits per heavy atom. The van der Waals surface area contributed by atoms with E-state index in [1.807, 2.05) is 0 Å². The van der Waals surface area contributed by atoms with Crippen molar-refractivity contribution in [1.29, 1.82) is 0 Å². The van der Waals surface area contributed by atoms with Crippen LogP contribution in [-0.2, 0) is 29.3 Å². The number of carbonyl (C=O) groups is 3. The second-order valence-electron chi connectivity index (χ2n) is 7.67. The van der Waals surface area contributed by atoms with Gasteiger partial charge in [0.15, 0.2) is 0 Å². The predicted octanol–water partition coefficient (Wildman–Crippen LogP) is 0.603. The fourth-order valence-electron chi connectivity index (χ4n) is 3.34. The molecule has 0 aliphatic carbocycles. The van der Waals surface area contributed by atoms with Gasteiger partial charge in [0.25, 0.3) is 11.8 Å². The van der Waals surface area contributed by atoms with Crippen molar-refractivity contribution in [1.82, 2.24) is 5.06 Å². The molecule has 2 amide bonds. The second-order valence-corrected chi connectivity index (χ2v) is 9.22. The Kier molecular flexibility index (Phi) is 15.9. The number of hydroxylamine groups is 2. The maximum atomic E-state index is 11.8. The van der Waals surface area contributed by atoms with Gasteiger partial charge in [-0.2, -0.15) is 0 Å². The van der Waals surface area contributed by atoms with Crippen LogP contribution in [-0.4, -0.2) is 41.1 Å². The van der Waals surface area contributed by atoms with Crippen molar-refractivity contribution < 1.29 is 61.7 Å². The zero-order valence-electron chi connectivity index (χ0n) is 18.4. The topological polar surface area (TPSA) is 121 Å². The number of imide groups is 1. The summed E-state index contributed by atoms with van der Waals surface area (Å²) in [6.45, 7) is 2.22. The summed E-state index contributed by atoms with van der Waals surface area (Å²) in [7, 11) is -4.95. The Bertz CT molecular complexity index is 639. The molecule has 0 aromatic carbocycles. The van der Waals surface area contributed by atoms with Gasteiger partial charge >= 0.3 is 35.5 Å². The average molecular weight is 456 g/mol. The van der Waals surface area contributed by atoms with Gasteiger partial charge < -0.3 is 9.39 Å². The van der Waals surface area contributed by atoms with Crippen LogP contribution in [0.4, 0.5) is 0 Å². The molecule has 1 aliphatic heterocycles. The molecule has 8 nitrogen and oxygen atoms in total. The molecule has 0 radical (unpaired) electrons. The minimum Gasteiger partial charge on any atom is -0.747 e. The molecule has 0 bridgehead atoms. The Morgan fingerprint density at radius 3 is 1.77 bits per heavy atom. The second kappa shape index (κ2) is 16.2. The molecule has 10 heteroatoms. The number of hydrogen-bond donors (Lipinski definition) is 0. The maximum absolute atomic E-state index is 11.8. The Morgan fingerprint density at radius 1 is 0.933 bits per heavy atom. The summed E-state index contributed by atoms with van der Waals surface area (Å²) in [5.41, 5.74) is 0. The molecule has 30 heavy (non-hydrogen) atoms. The fraction of sp³-hybridized carbons (Fsp3) is 0.850. The van der Waals surface area contributed by atoms with Crippen LogP contribution in [0.15, 0.2) is 0 Å². The van der Waals surface area contributed by atoms with Gasteiger partial charge in [-0.1, -0.05) is 84.0 Å². The third kappa shape index (κ3) is 11.8. The smallest absolute Gasteiger partial charge is 0.747 e. The van der Waals surface area contributed by atoms with Crippen LogP contribution < -0.4 is 29.6 Å². The van der Waals surface area contributed by atoms with Gasteiger partial charge in [-0.3, -0.25) is 9.59 Å². The third-order valence-corrected chi connectivity index (χ3v) is 6.15. The first kappa shape index (κ1) is 29.5. The first-order valence-electron chi connectivity index (χ1n) is 10.8. The molecule has 1 saturated heterocycles. The van der Waals surface area contributed by atoms with Crippen molar-refractivity contribution in [3.05, 3.63) is 0 Å². The molecule has 0 N–H and O–H groups in total. The van der Waals surface area contributed by atoms with E-state index >= 15 is 0 Å². The zero-order chi connectivity index (χ0) is 21.7. The van der Waals surface area contributed by atoms with Crippen LogP contribution in [0.5, 0.6) is 0 Å². The summed E-state index contributed by atoms with van der Waals surface area (Å²) < 4.78 is 32.8. The van der Waals surface area contributed by atoms with E-state index in [1.165, 1.54) is 57.8 Å². The average Bonchev–Trinajstić information content (AvgIpc) is 2.94. The summed E-state index contributed by atoms with van der Waals surface area (Å²) >= 11 is 0. The molecule has 168 valence electrons. The van der Waals surface area contributed by atoms with Gasteiger partial charge in [0.1, 0.15) is 15.4 Å². The van der Waals surface area contributed by atoms with E-state index in [2.05, 4.69) is 11.8 Å². The standard InChI is InChI=1S/C20H35NO7S.Na/c1-2-3-4-5-6-7-8-9-10-11-12-13-14-15-19(23)28-21-18(22)16-17(20(21)24)29(25,26)27;/h17H,2-16H2,1H3,(H,25,26,27);/q;+1/p-1. The quantitative estimate of drug-likeness (QED) is 0.145. The maximum Gasteiger partial charge on any atom is 1.00 e. The van der Waals surface area contributed by atoms with Crippen LogP contribution in [0.1, 0.15) is 103 Å². The van der Waals surface area contributed by atoms with Crippen molar-refractivity contribution >= 4 is 27.9 Å². The first-order chi connectivity index (χ1) is 13.8. The van der Waals surface area contributed by atoms with Crippen molar-refractivity contribution in [2.45, 2.75) is 108 Å². The summed E-state index contributed by atoms with van der Waals surface area (Å²) in [5.74, 6) is -3.06. The molecule has 1 atom stereocenters. The van der Waals surface area contributed by atoms with Crippen molar-refractivity contribution in [2.75, 3.05) is 0 Å². The molecule has 1 heterocycles. The predicted molar refractivity (Wildman–Crippen MR) is 106 cm³/mol. The molecule has 1 aliphatic rings. The summed E-state index contributed by atoms with van der Waals surface area (Å²) in [6, 6.07) is 0. The van der Waals surface area contributed by atoms with Gasteiger partial charge in [-0.05, 0) is 6.42 Å². The van der Waals surface area contributed by atoms with Crippen LogP contribution in [0.25, 0.3) is 0 Å². The van der Waals surface area contributed by atoms with Crippen LogP contribution in [0.3, 0.4) is 0 Å². The summed E-state index contributed by atoms with van der Waals surface area (Å²) in [5, 5.41) is -1.89. The number of nitrogens with zero attached hydrogens (tertiary/aromatic N) is 1. The van der Waals surface area contributed by atoms with E-state index in [4.69, 9.17) is 0 Å². The van der Waals surface area contributed by atoms with Crippen LogP contribution in [0, 0.1) is 0 Å². The number of carbonyl (C=O) groups excluding carboxylic acids is 3. The SMILES string of the molecule is CCCCCCCCCCCCCCCC(=O)ON1C(=O)CC(S(=O)(=O)[O-])C1=O.[Na+]. The van der Waals surface area contributed by atoms with Gasteiger partial charge in [-0.25, -0.2) is 13.2 Å². The van der Waals surface area contributed by atoms with Crippen molar-refractivity contribution in [3.63, 3.8) is 0 Å². The Labute approximate surface area is 202 Å². The number of amides is 2. The Balaban J connectivity index is 0.00000841. The zero-order valence-corrected chi connectivity index (χ0v) is 21.2. The molecule has 1 rings (SSSR count). The van der Waals surface area contributed by atoms with Gasteiger partial charge in [0.05, 0.1) is 6.42 Å². The third-order valence-electron chi connectivity index (χ3n) is 5.09. The van der Waals surface area contributed by atoms with E-state index in [0.29, 0.717) is 6.42 Å². The van der Waals surface area contributed by atoms with E-state index < -0.39 is 39.6 Å². The minimum absolute atomic E-state index is 0. The molecule has 0 spiro atoms. The molecular formula is C20H34NNaO7S. The molecule has 1 fully saturated rings. The molecule has 1 unspecified atom stereocenters. The van der Waals surface area contributed by atoms with Gasteiger partial charge in [-0.15, -0.1) is 5.06 Å². The van der Waals surface area contributed by atoms with Gasteiger partial charge in [0.2, 0.25) is 0 Å². The molecular weight excluding hydrogens is 421 g/mol. The number of hydrogen-bond acceptors (Lipinski definition) is 7. The normalized spacial score (nSPS) is 16.6. The van der Waals surface area contributed by atoms with Crippen LogP contribution in [0.2, 0.25) is 0 Å². The molecule has 0 aromatic rings. The fourth-order valence-corrected chi connectivity index (χ4v) is 4.03. The molecule has 0 saturated carbocycles. The van der Waals surface area contributed by atoms with Crippen molar-refractivity contribution in [2.24, 2.45) is 0 Å². The van der Waals surface area contributed by atoms with E-state index in [0.717, 1.165) is 19.3 Å². The van der Waals surface area contributed by atoms with Crippen LogP contribution >= 0.6 is 0 Å². The van der Waals surface area contributed by atoms with E-state index in [9.17, 15) is 27.4 Å². The number of unbranched alkanes of at least 4 members (excludes halogenated alkanes) is 12. The summed E-state index contributed by atoms with van der Waals surface area (Å²) in [4.78, 5) is 39.7. The van der Waals surface area contributed by atoms with Gasteiger partial charge in [0, 0.05) is 6.42 Å². The number of rotatable bonds is 16.